The summed E-state index contributed by atoms with van der Waals surface area (Å²) in [5.41, 5.74) is 14.8. The number of fused-ring (bicyclic) bond motifs is 15. The molecule has 2 atom stereocenters. The maximum atomic E-state index is 15.4. The first kappa shape index (κ1) is 33.3. The van der Waals surface area contributed by atoms with Crippen LogP contribution in [0, 0.1) is 11.7 Å². The number of furan rings is 1. The Morgan fingerprint density at radius 3 is 2.45 bits per heavy atom. The molecular formula is C50H42FN3O+2. The highest BCUT2D eigenvalue weighted by molar-refractivity contribution is 6.11. The van der Waals surface area contributed by atoms with E-state index in [0.717, 1.165) is 96.6 Å². The first-order valence-corrected chi connectivity index (χ1v) is 19.3. The van der Waals surface area contributed by atoms with Gasteiger partial charge in [0.1, 0.15) is 16.8 Å². The van der Waals surface area contributed by atoms with Crippen molar-refractivity contribution in [1.29, 1.82) is 0 Å². The number of aromatic nitrogens is 3. The summed E-state index contributed by atoms with van der Waals surface area (Å²) in [5.74, 6) is 0.981. The lowest BCUT2D eigenvalue weighted by molar-refractivity contribution is -0.725. The number of allylic oxidation sites excluding steroid dienone is 4. The molecule has 0 radical (unpaired) electrons. The second kappa shape index (κ2) is 12.6. The molecule has 0 amide bonds. The van der Waals surface area contributed by atoms with Crippen LogP contribution in [0.1, 0.15) is 50.3 Å². The molecule has 5 aromatic carbocycles. The second-order valence-electron chi connectivity index (χ2n) is 15.3. The highest BCUT2D eigenvalue weighted by Gasteiger charge is 2.48. The van der Waals surface area contributed by atoms with Gasteiger partial charge in [0.25, 0.3) is 0 Å². The molecule has 0 fully saturated rings. The number of rotatable bonds is 4. The summed E-state index contributed by atoms with van der Waals surface area (Å²) < 4.78 is 29.4. The van der Waals surface area contributed by atoms with Crippen molar-refractivity contribution in [2.24, 2.45) is 5.92 Å². The lowest BCUT2D eigenvalue weighted by Gasteiger charge is -2.30. The Kier molecular flexibility index (Phi) is 7.64. The van der Waals surface area contributed by atoms with Gasteiger partial charge in [-0.3, -0.25) is 0 Å². The predicted molar refractivity (Wildman–Crippen MR) is 222 cm³/mol. The SMILES string of the molecule is C=C/C(=C(\C)n1c2[n+](c3ccccc31)C(=C)C1C(CCc3ccc4c(oc5cc(-c6ccccc6)ccc54)c3-2)c2ccccc2-c2ccc(F)c[n+]21)C(C)C. The van der Waals surface area contributed by atoms with Gasteiger partial charge in [0.05, 0.1) is 5.92 Å². The first-order valence-electron chi connectivity index (χ1n) is 19.3. The second-order valence-corrected chi connectivity index (χ2v) is 15.3. The van der Waals surface area contributed by atoms with E-state index in [9.17, 15) is 0 Å². The molecule has 0 bridgehead atoms. The molecule has 268 valence electrons. The van der Waals surface area contributed by atoms with Gasteiger partial charge in [-0.05, 0) is 96.5 Å². The Bertz CT molecular complexity index is 2930. The molecule has 2 aliphatic rings. The highest BCUT2D eigenvalue weighted by Crippen LogP contribution is 2.48. The molecule has 5 heterocycles. The third-order valence-corrected chi connectivity index (χ3v) is 12.1. The summed E-state index contributed by atoms with van der Waals surface area (Å²) in [6.45, 7) is 15.9. The Morgan fingerprint density at radius 2 is 1.64 bits per heavy atom. The monoisotopic (exact) mass is 719 g/mol. The molecule has 0 saturated carbocycles. The van der Waals surface area contributed by atoms with Crippen molar-refractivity contribution in [3.63, 3.8) is 0 Å². The van der Waals surface area contributed by atoms with Crippen LogP contribution in [0.15, 0.2) is 157 Å². The number of benzene rings is 5. The van der Waals surface area contributed by atoms with Crippen molar-refractivity contribution < 1.29 is 17.9 Å². The van der Waals surface area contributed by atoms with E-state index in [-0.39, 0.29) is 23.7 Å². The van der Waals surface area contributed by atoms with Crippen LogP contribution in [0.2, 0.25) is 0 Å². The third-order valence-electron chi connectivity index (χ3n) is 12.1. The largest absolute Gasteiger partial charge is 0.455 e. The van der Waals surface area contributed by atoms with Gasteiger partial charge in [0, 0.05) is 22.4 Å². The van der Waals surface area contributed by atoms with E-state index >= 15 is 4.39 Å². The van der Waals surface area contributed by atoms with Crippen molar-refractivity contribution in [2.75, 3.05) is 0 Å². The smallest absolute Gasteiger partial charge is 0.304 e. The van der Waals surface area contributed by atoms with Crippen LogP contribution in [0.5, 0.6) is 0 Å². The molecule has 2 aliphatic heterocycles. The number of nitrogens with zero attached hydrogens (tertiary/aromatic N) is 3. The van der Waals surface area contributed by atoms with E-state index in [0.29, 0.717) is 0 Å². The predicted octanol–water partition coefficient (Wildman–Crippen LogP) is 12.1. The highest BCUT2D eigenvalue weighted by atomic mass is 19.1. The molecule has 3 aromatic heterocycles. The molecule has 0 N–H and O–H groups in total. The topological polar surface area (TPSA) is 25.8 Å². The molecule has 55 heavy (non-hydrogen) atoms. The Morgan fingerprint density at radius 1 is 0.873 bits per heavy atom. The minimum absolute atomic E-state index is 0.0345. The number of hydrogen-bond donors (Lipinski definition) is 0. The zero-order valence-electron chi connectivity index (χ0n) is 31.4. The van der Waals surface area contributed by atoms with Gasteiger partial charge >= 0.3 is 5.82 Å². The number of hydrogen-bond acceptors (Lipinski definition) is 1. The van der Waals surface area contributed by atoms with Crippen molar-refractivity contribution in [3.8, 4) is 33.8 Å². The lowest BCUT2D eigenvalue weighted by atomic mass is 9.78. The number of pyridine rings is 1. The molecule has 0 aliphatic carbocycles. The Labute approximate surface area is 320 Å². The van der Waals surface area contributed by atoms with Gasteiger partial charge in [-0.25, -0.2) is 4.39 Å². The van der Waals surface area contributed by atoms with Crippen LogP contribution in [0.4, 0.5) is 4.39 Å². The lowest BCUT2D eigenvalue weighted by Crippen LogP contribution is -2.53. The van der Waals surface area contributed by atoms with E-state index in [1.165, 1.54) is 11.1 Å². The van der Waals surface area contributed by atoms with Crippen LogP contribution >= 0.6 is 0 Å². The minimum atomic E-state index is -0.268. The summed E-state index contributed by atoms with van der Waals surface area (Å²) in [7, 11) is 0. The molecule has 5 heteroatoms. The Hall–Kier alpha value is -6.33. The van der Waals surface area contributed by atoms with E-state index in [4.69, 9.17) is 11.0 Å². The van der Waals surface area contributed by atoms with Gasteiger partial charge in [-0.2, -0.15) is 13.7 Å². The molecule has 0 spiro atoms. The normalized spacial score (nSPS) is 16.8. The van der Waals surface area contributed by atoms with Gasteiger partial charge < -0.3 is 4.42 Å². The number of aryl methyl sites for hydroxylation is 1. The van der Waals surface area contributed by atoms with Crippen LogP contribution in [0.25, 0.3) is 78.1 Å². The average Bonchev–Trinajstić information content (AvgIpc) is 3.76. The van der Waals surface area contributed by atoms with E-state index < -0.39 is 0 Å². The number of halogens is 1. The maximum absolute atomic E-state index is 15.4. The molecule has 10 rings (SSSR count). The molecular weight excluding hydrogens is 678 g/mol. The molecule has 8 aromatic rings. The van der Waals surface area contributed by atoms with E-state index in [2.05, 4.69) is 144 Å². The van der Waals surface area contributed by atoms with Crippen molar-refractivity contribution in [2.45, 2.75) is 45.6 Å². The van der Waals surface area contributed by atoms with Crippen LogP contribution in [-0.2, 0) is 6.42 Å². The van der Waals surface area contributed by atoms with Gasteiger partial charge in [0.2, 0.25) is 17.9 Å². The van der Waals surface area contributed by atoms with Gasteiger partial charge in [-0.15, -0.1) is 0 Å². The van der Waals surface area contributed by atoms with Gasteiger partial charge in [-0.1, -0.05) is 105 Å². The van der Waals surface area contributed by atoms with Crippen molar-refractivity contribution >= 4 is 44.4 Å². The fourth-order valence-electron chi connectivity index (χ4n) is 9.62. The zero-order chi connectivity index (χ0) is 37.5. The fourth-order valence-corrected chi connectivity index (χ4v) is 9.62. The quantitative estimate of drug-likeness (QED) is 0.131. The summed E-state index contributed by atoms with van der Waals surface area (Å²) >= 11 is 0. The number of para-hydroxylation sites is 2. The average molecular weight is 720 g/mol. The van der Waals surface area contributed by atoms with Crippen molar-refractivity contribution in [3.05, 3.63) is 169 Å². The minimum Gasteiger partial charge on any atom is -0.455 e. The maximum Gasteiger partial charge on any atom is 0.304 e. The number of imidazole rings is 1. The third kappa shape index (κ3) is 4.95. The molecule has 4 nitrogen and oxygen atoms in total. The Balaban J connectivity index is 1.35. The first-order chi connectivity index (χ1) is 26.8. The summed E-state index contributed by atoms with van der Waals surface area (Å²) in [5, 5.41) is 2.15. The van der Waals surface area contributed by atoms with Crippen molar-refractivity contribution in [1.82, 2.24) is 4.57 Å². The van der Waals surface area contributed by atoms with Crippen LogP contribution in [0.3, 0.4) is 0 Å². The molecule has 0 saturated heterocycles. The summed E-state index contributed by atoms with van der Waals surface area (Å²) in [4.78, 5) is 0. The summed E-state index contributed by atoms with van der Waals surface area (Å²) in [6.07, 6.45) is 5.28. The fraction of sp³-hybridized carbons (Fsp3) is 0.160. The summed E-state index contributed by atoms with van der Waals surface area (Å²) in [6, 6.07) is 42.0. The zero-order valence-corrected chi connectivity index (χ0v) is 31.4. The molecule has 2 unspecified atom stereocenters. The van der Waals surface area contributed by atoms with Crippen LogP contribution < -0.4 is 9.13 Å². The van der Waals surface area contributed by atoms with Gasteiger partial charge in [0.15, 0.2) is 28.1 Å². The van der Waals surface area contributed by atoms with E-state index in [1.54, 1.807) is 12.3 Å². The standard InChI is InChI=1S/C50H42FN3O/c1-6-37(30(2)3)31(4)53-44-18-12-13-19-45(44)54-32(5)48-41(38-16-10-11-17-39(38)43-27-23-36(51)29-52(43)48)25-20-34-21-26-42-40-24-22-35(33-14-8-7-9-15-33)28-46(40)55-49(42)47(34)50(53)54/h6-19,21-24,26-30,41,48H,1,5,20,25H2,2-4H3/q+2/b37-31-. The van der Waals surface area contributed by atoms with Crippen LogP contribution in [-0.4, -0.2) is 4.57 Å². The van der Waals surface area contributed by atoms with E-state index in [1.807, 2.05) is 18.2 Å².